The molecular formula is C18H32N2O. The summed E-state index contributed by atoms with van der Waals surface area (Å²) < 4.78 is 5.98. The molecule has 0 spiro atoms. The predicted molar refractivity (Wildman–Crippen MR) is 88.3 cm³/mol. The minimum absolute atomic E-state index is 0.675. The molecule has 0 saturated carbocycles. The zero-order chi connectivity index (χ0) is 15.4. The van der Waals surface area contributed by atoms with E-state index in [1.165, 1.54) is 24.9 Å². The summed E-state index contributed by atoms with van der Waals surface area (Å²) in [6.45, 7) is 15.4. The van der Waals surface area contributed by atoms with Gasteiger partial charge in [0, 0.05) is 24.7 Å². The van der Waals surface area contributed by atoms with E-state index < -0.39 is 0 Å². The molecule has 2 heterocycles. The van der Waals surface area contributed by atoms with Crippen LogP contribution in [0.15, 0.2) is 10.5 Å². The highest BCUT2D eigenvalue weighted by Gasteiger charge is 2.24. The van der Waals surface area contributed by atoms with E-state index in [0.717, 1.165) is 37.1 Å². The molecule has 1 N–H and O–H groups in total. The smallest absolute Gasteiger partial charge is 0.118 e. The average Bonchev–Trinajstić information content (AvgIpc) is 2.74. The predicted octanol–water partition coefficient (Wildman–Crippen LogP) is 3.95. The zero-order valence-electron chi connectivity index (χ0n) is 14.4. The van der Waals surface area contributed by atoms with Crippen LogP contribution in [0.3, 0.4) is 0 Å². The van der Waals surface area contributed by atoms with Crippen molar-refractivity contribution in [3.05, 3.63) is 23.2 Å². The van der Waals surface area contributed by atoms with Gasteiger partial charge in [-0.25, -0.2) is 0 Å². The second-order valence-corrected chi connectivity index (χ2v) is 7.28. The Bertz CT molecular complexity index is 438. The lowest BCUT2D eigenvalue weighted by molar-refractivity contribution is 0.108. The number of likely N-dealkylation sites (tertiary alicyclic amines) is 1. The Balaban J connectivity index is 1.91. The Morgan fingerprint density at radius 1 is 1.33 bits per heavy atom. The van der Waals surface area contributed by atoms with E-state index >= 15 is 0 Å². The summed E-state index contributed by atoms with van der Waals surface area (Å²) in [4.78, 5) is 2.57. The van der Waals surface area contributed by atoms with Crippen molar-refractivity contribution in [3.8, 4) is 0 Å². The standard InChI is InChI=1S/C18H32N2O/c1-13(2)9-19-10-17-8-18(21-16(17)5)12-20-11-14(3)6-7-15(20)4/h8,13-15,19H,6-7,9-12H2,1-5H3. The lowest BCUT2D eigenvalue weighted by atomic mass is 9.95. The third kappa shape index (κ3) is 4.86. The Morgan fingerprint density at radius 3 is 2.81 bits per heavy atom. The molecule has 21 heavy (non-hydrogen) atoms. The minimum atomic E-state index is 0.675. The van der Waals surface area contributed by atoms with Crippen molar-refractivity contribution in [2.75, 3.05) is 13.1 Å². The van der Waals surface area contributed by atoms with Crippen molar-refractivity contribution in [2.45, 2.75) is 66.6 Å². The van der Waals surface area contributed by atoms with Gasteiger partial charge in [0.25, 0.3) is 0 Å². The zero-order valence-corrected chi connectivity index (χ0v) is 14.4. The van der Waals surface area contributed by atoms with Gasteiger partial charge in [-0.3, -0.25) is 4.90 Å². The monoisotopic (exact) mass is 292 g/mol. The molecule has 0 aliphatic carbocycles. The van der Waals surface area contributed by atoms with E-state index in [9.17, 15) is 0 Å². The van der Waals surface area contributed by atoms with E-state index in [1.54, 1.807) is 0 Å². The second-order valence-electron chi connectivity index (χ2n) is 7.28. The minimum Gasteiger partial charge on any atom is -0.465 e. The summed E-state index contributed by atoms with van der Waals surface area (Å²) in [5, 5.41) is 3.50. The number of hydrogen-bond donors (Lipinski definition) is 1. The number of furan rings is 1. The van der Waals surface area contributed by atoms with Crippen LogP contribution in [0, 0.1) is 18.8 Å². The fourth-order valence-corrected chi connectivity index (χ4v) is 3.14. The van der Waals surface area contributed by atoms with Gasteiger partial charge in [-0.05, 0) is 51.1 Å². The molecule has 1 saturated heterocycles. The topological polar surface area (TPSA) is 28.4 Å². The molecule has 1 aromatic rings. The van der Waals surface area contributed by atoms with E-state index in [0.29, 0.717) is 12.0 Å². The van der Waals surface area contributed by atoms with Crippen LogP contribution in [-0.2, 0) is 13.1 Å². The van der Waals surface area contributed by atoms with Crippen molar-refractivity contribution in [1.82, 2.24) is 10.2 Å². The number of nitrogens with zero attached hydrogens (tertiary/aromatic N) is 1. The Kier molecular flexibility index (Phi) is 5.88. The van der Waals surface area contributed by atoms with Crippen molar-refractivity contribution < 1.29 is 4.42 Å². The fourth-order valence-electron chi connectivity index (χ4n) is 3.14. The Hall–Kier alpha value is -0.800. The van der Waals surface area contributed by atoms with E-state index in [1.807, 2.05) is 0 Å². The van der Waals surface area contributed by atoms with Gasteiger partial charge >= 0.3 is 0 Å². The normalized spacial score (nSPS) is 23.9. The maximum absolute atomic E-state index is 5.98. The molecule has 3 nitrogen and oxygen atoms in total. The number of nitrogens with one attached hydrogen (secondary N) is 1. The molecule has 0 amide bonds. The molecule has 1 fully saturated rings. The average molecular weight is 292 g/mol. The largest absolute Gasteiger partial charge is 0.465 e. The molecule has 0 aromatic carbocycles. The van der Waals surface area contributed by atoms with Gasteiger partial charge in [-0.15, -0.1) is 0 Å². The lowest BCUT2D eigenvalue weighted by Gasteiger charge is -2.36. The first-order valence-electron chi connectivity index (χ1n) is 8.48. The first-order valence-corrected chi connectivity index (χ1v) is 8.48. The van der Waals surface area contributed by atoms with Gasteiger partial charge in [0.15, 0.2) is 0 Å². The molecule has 2 atom stereocenters. The van der Waals surface area contributed by atoms with Crippen LogP contribution >= 0.6 is 0 Å². The molecule has 1 aliphatic heterocycles. The highest BCUT2D eigenvalue weighted by molar-refractivity contribution is 5.20. The molecule has 2 unspecified atom stereocenters. The second kappa shape index (κ2) is 7.46. The lowest BCUT2D eigenvalue weighted by Crippen LogP contribution is -2.40. The third-order valence-corrected chi connectivity index (χ3v) is 4.55. The first kappa shape index (κ1) is 16.6. The molecule has 1 aliphatic rings. The summed E-state index contributed by atoms with van der Waals surface area (Å²) in [7, 11) is 0. The number of piperidine rings is 1. The highest BCUT2D eigenvalue weighted by Crippen LogP contribution is 2.24. The quantitative estimate of drug-likeness (QED) is 0.860. The molecule has 2 rings (SSSR count). The number of hydrogen-bond acceptors (Lipinski definition) is 3. The molecule has 1 aromatic heterocycles. The SMILES string of the molecule is Cc1oc(CN2CC(C)CCC2C)cc1CNCC(C)C. The maximum atomic E-state index is 5.98. The van der Waals surface area contributed by atoms with Gasteiger partial charge < -0.3 is 9.73 Å². The van der Waals surface area contributed by atoms with Gasteiger partial charge in [0.2, 0.25) is 0 Å². The van der Waals surface area contributed by atoms with E-state index in [4.69, 9.17) is 4.42 Å². The molecule has 120 valence electrons. The van der Waals surface area contributed by atoms with Crippen molar-refractivity contribution in [2.24, 2.45) is 11.8 Å². The van der Waals surface area contributed by atoms with Crippen molar-refractivity contribution in [1.29, 1.82) is 0 Å². The van der Waals surface area contributed by atoms with E-state index in [2.05, 4.69) is 50.9 Å². The van der Waals surface area contributed by atoms with Crippen molar-refractivity contribution in [3.63, 3.8) is 0 Å². The van der Waals surface area contributed by atoms with Gasteiger partial charge in [0.05, 0.1) is 6.54 Å². The molecule has 0 radical (unpaired) electrons. The summed E-state index contributed by atoms with van der Waals surface area (Å²) in [6, 6.07) is 2.92. The molecule has 0 bridgehead atoms. The summed E-state index contributed by atoms with van der Waals surface area (Å²) in [5.41, 5.74) is 1.31. The third-order valence-electron chi connectivity index (χ3n) is 4.55. The van der Waals surface area contributed by atoms with Crippen LogP contribution in [0.25, 0.3) is 0 Å². The highest BCUT2D eigenvalue weighted by atomic mass is 16.3. The van der Waals surface area contributed by atoms with Crippen LogP contribution in [0.5, 0.6) is 0 Å². The summed E-state index contributed by atoms with van der Waals surface area (Å²) >= 11 is 0. The number of rotatable bonds is 6. The van der Waals surface area contributed by atoms with E-state index in [-0.39, 0.29) is 0 Å². The Morgan fingerprint density at radius 2 is 2.10 bits per heavy atom. The number of aryl methyl sites for hydroxylation is 1. The van der Waals surface area contributed by atoms with Gasteiger partial charge in [-0.2, -0.15) is 0 Å². The van der Waals surface area contributed by atoms with Crippen LogP contribution < -0.4 is 5.32 Å². The van der Waals surface area contributed by atoms with Crippen molar-refractivity contribution >= 4 is 0 Å². The van der Waals surface area contributed by atoms with Crippen LogP contribution in [0.2, 0.25) is 0 Å². The van der Waals surface area contributed by atoms with Gasteiger partial charge in [0.1, 0.15) is 11.5 Å². The van der Waals surface area contributed by atoms with Crippen LogP contribution in [-0.4, -0.2) is 24.0 Å². The van der Waals surface area contributed by atoms with Crippen LogP contribution in [0.1, 0.15) is 57.6 Å². The van der Waals surface area contributed by atoms with Gasteiger partial charge in [-0.1, -0.05) is 20.8 Å². The van der Waals surface area contributed by atoms with Crippen LogP contribution in [0.4, 0.5) is 0 Å². The summed E-state index contributed by atoms with van der Waals surface area (Å²) in [5.74, 6) is 3.69. The Labute approximate surface area is 130 Å². The first-order chi connectivity index (χ1) is 9.95. The molecular weight excluding hydrogens is 260 g/mol. The molecule has 3 heteroatoms. The summed E-state index contributed by atoms with van der Waals surface area (Å²) in [6.07, 6.45) is 2.67. The maximum Gasteiger partial charge on any atom is 0.118 e. The fraction of sp³-hybridized carbons (Fsp3) is 0.778.